The van der Waals surface area contributed by atoms with Crippen molar-refractivity contribution in [3.8, 4) is 0 Å². The Morgan fingerprint density at radius 3 is 2.76 bits per heavy atom. The molecule has 0 spiro atoms. The summed E-state index contributed by atoms with van der Waals surface area (Å²) in [5.74, 6) is -0.421. The van der Waals surface area contributed by atoms with Crippen molar-refractivity contribution in [1.29, 1.82) is 0 Å². The number of hydrogen-bond acceptors (Lipinski definition) is 6. The number of aliphatic carboxylic acids is 1. The summed E-state index contributed by atoms with van der Waals surface area (Å²) in [7, 11) is -3.82. The van der Waals surface area contributed by atoms with Crippen molar-refractivity contribution in [2.75, 3.05) is 4.72 Å². The number of nitrogens with zero attached hydrogens (tertiary/aromatic N) is 3. The number of rotatable bonds is 6. The highest BCUT2D eigenvalue weighted by atomic mass is 32.2. The van der Waals surface area contributed by atoms with Gasteiger partial charge >= 0.3 is 5.97 Å². The van der Waals surface area contributed by atoms with Gasteiger partial charge < -0.3 is 9.67 Å². The average Bonchev–Trinajstić information content (AvgIpc) is 2.95. The van der Waals surface area contributed by atoms with Crippen LogP contribution in [-0.4, -0.2) is 34.0 Å². The number of carbonyl (C=O) groups is 1. The van der Waals surface area contributed by atoms with E-state index in [9.17, 15) is 13.2 Å². The zero-order chi connectivity index (χ0) is 15.6. The van der Waals surface area contributed by atoms with Crippen molar-refractivity contribution in [3.05, 3.63) is 23.1 Å². The van der Waals surface area contributed by atoms with Gasteiger partial charge in [-0.3, -0.25) is 9.52 Å². The van der Waals surface area contributed by atoms with E-state index in [0.717, 1.165) is 11.3 Å². The minimum atomic E-state index is -3.82. The molecule has 2 aromatic rings. The summed E-state index contributed by atoms with van der Waals surface area (Å²) in [5.41, 5.74) is 0.306. The van der Waals surface area contributed by atoms with Crippen molar-refractivity contribution in [3.63, 3.8) is 0 Å². The molecule has 2 heterocycles. The summed E-state index contributed by atoms with van der Waals surface area (Å²) in [4.78, 5) is 18.5. The summed E-state index contributed by atoms with van der Waals surface area (Å²) >= 11 is 1.03. The summed E-state index contributed by atoms with van der Waals surface area (Å²) in [5, 5.41) is 10.2. The van der Waals surface area contributed by atoms with Crippen LogP contribution in [0.1, 0.15) is 18.4 Å². The van der Waals surface area contributed by atoms with Gasteiger partial charge in [0.05, 0.1) is 12.1 Å². The van der Waals surface area contributed by atoms with Crippen LogP contribution >= 0.6 is 11.3 Å². The number of hydrogen-bond donors (Lipinski definition) is 2. The van der Waals surface area contributed by atoms with E-state index >= 15 is 0 Å². The van der Waals surface area contributed by atoms with E-state index in [1.807, 2.05) is 6.92 Å². The monoisotopic (exact) mass is 330 g/mol. The molecule has 0 unspecified atom stereocenters. The van der Waals surface area contributed by atoms with Crippen LogP contribution in [0.2, 0.25) is 0 Å². The molecule has 2 aromatic heterocycles. The molecule has 10 heteroatoms. The van der Waals surface area contributed by atoms with Crippen LogP contribution in [0.3, 0.4) is 0 Å². The maximum Gasteiger partial charge on any atom is 0.309 e. The van der Waals surface area contributed by atoms with Crippen LogP contribution < -0.4 is 4.72 Å². The van der Waals surface area contributed by atoms with E-state index in [0.29, 0.717) is 18.1 Å². The van der Waals surface area contributed by atoms with Gasteiger partial charge in [0.1, 0.15) is 5.82 Å². The summed E-state index contributed by atoms with van der Waals surface area (Å²) in [6, 6.07) is 0. The number of anilines is 1. The first-order valence-electron chi connectivity index (χ1n) is 6.04. The molecule has 0 radical (unpaired) electrons. The minimum absolute atomic E-state index is 0.0863. The van der Waals surface area contributed by atoms with Crippen molar-refractivity contribution < 1.29 is 18.3 Å². The zero-order valence-electron chi connectivity index (χ0n) is 11.4. The van der Waals surface area contributed by atoms with Crippen LogP contribution in [0.25, 0.3) is 0 Å². The molecule has 0 aromatic carbocycles. The van der Waals surface area contributed by atoms with E-state index in [1.165, 1.54) is 11.6 Å². The molecule has 0 saturated carbocycles. The fourth-order valence-electron chi connectivity index (χ4n) is 1.69. The van der Waals surface area contributed by atoms with Crippen molar-refractivity contribution in [1.82, 2.24) is 14.5 Å². The predicted octanol–water partition coefficient (Wildman–Crippen LogP) is 1.10. The molecule has 2 N–H and O–H groups in total. The van der Waals surface area contributed by atoms with Crippen LogP contribution in [0.4, 0.5) is 5.13 Å². The van der Waals surface area contributed by atoms with Gasteiger partial charge in [-0.1, -0.05) is 0 Å². The molecule has 2 rings (SSSR count). The number of nitrogens with one attached hydrogen (secondary N) is 1. The minimum Gasteiger partial charge on any atom is -0.481 e. The van der Waals surface area contributed by atoms with E-state index in [4.69, 9.17) is 5.11 Å². The maximum atomic E-state index is 12.2. The number of carboxylic acid groups (broad SMARTS) is 1. The number of thiazole rings is 1. The molecule has 0 saturated heterocycles. The topological polar surface area (TPSA) is 114 Å². The summed E-state index contributed by atoms with van der Waals surface area (Å²) in [6.07, 6.45) is 1.20. The Bertz CT molecular complexity index is 763. The van der Waals surface area contributed by atoms with Gasteiger partial charge in [-0.25, -0.2) is 9.97 Å². The zero-order valence-corrected chi connectivity index (χ0v) is 13.0. The maximum absolute atomic E-state index is 12.2. The van der Waals surface area contributed by atoms with E-state index in [-0.39, 0.29) is 16.6 Å². The highest BCUT2D eigenvalue weighted by molar-refractivity contribution is 7.92. The van der Waals surface area contributed by atoms with Crippen LogP contribution in [0, 0.1) is 6.92 Å². The van der Waals surface area contributed by atoms with Gasteiger partial charge in [0, 0.05) is 18.1 Å². The molecule has 0 aliphatic heterocycles. The molecule has 21 heavy (non-hydrogen) atoms. The molecule has 0 aliphatic carbocycles. The van der Waals surface area contributed by atoms with Crippen LogP contribution in [0.15, 0.2) is 16.6 Å². The Kier molecular flexibility index (Phi) is 4.28. The Balaban J connectivity index is 2.20. The SMILES string of the molecule is CCn1cc(S(=O)(=O)Nc2nc(CC(=O)O)cs2)nc1C. The molecular formula is C11H14N4O4S2. The Hall–Kier alpha value is -1.94. The lowest BCUT2D eigenvalue weighted by molar-refractivity contribution is -0.136. The molecule has 114 valence electrons. The number of imidazole rings is 1. The normalized spacial score (nSPS) is 11.5. The number of aromatic nitrogens is 3. The van der Waals surface area contributed by atoms with Gasteiger partial charge in [0.2, 0.25) is 0 Å². The Labute approximate surface area is 125 Å². The smallest absolute Gasteiger partial charge is 0.309 e. The van der Waals surface area contributed by atoms with Gasteiger partial charge in [-0.05, 0) is 13.8 Å². The van der Waals surface area contributed by atoms with Crippen LogP contribution in [0.5, 0.6) is 0 Å². The third-order valence-corrected chi connectivity index (χ3v) is 4.82. The first kappa shape index (κ1) is 15.4. The number of carboxylic acids is 1. The molecule has 0 fully saturated rings. The fraction of sp³-hybridized carbons (Fsp3) is 0.364. The number of sulfonamides is 1. The number of aryl methyl sites for hydroxylation is 2. The second-order valence-corrected chi connectivity index (χ2v) is 6.72. The van der Waals surface area contributed by atoms with Gasteiger partial charge in [0.15, 0.2) is 10.2 Å². The largest absolute Gasteiger partial charge is 0.481 e. The van der Waals surface area contributed by atoms with Gasteiger partial charge in [-0.15, -0.1) is 11.3 Å². The molecule has 8 nitrogen and oxygen atoms in total. The lowest BCUT2D eigenvalue weighted by Crippen LogP contribution is -2.13. The van der Waals surface area contributed by atoms with E-state index in [1.54, 1.807) is 11.5 Å². The first-order chi connectivity index (χ1) is 9.81. The van der Waals surface area contributed by atoms with Crippen LogP contribution in [-0.2, 0) is 27.8 Å². The second kappa shape index (κ2) is 5.82. The summed E-state index contributed by atoms with van der Waals surface area (Å²) in [6.45, 7) is 4.22. The first-order valence-corrected chi connectivity index (χ1v) is 8.41. The molecule has 0 bridgehead atoms. The molecule has 0 atom stereocenters. The third-order valence-electron chi connectivity index (χ3n) is 2.68. The van der Waals surface area contributed by atoms with E-state index in [2.05, 4.69) is 14.7 Å². The lowest BCUT2D eigenvalue weighted by Gasteiger charge is -2.01. The molecule has 0 aliphatic rings. The molecular weight excluding hydrogens is 316 g/mol. The van der Waals surface area contributed by atoms with Gasteiger partial charge in [-0.2, -0.15) is 8.42 Å². The Morgan fingerprint density at radius 2 is 2.19 bits per heavy atom. The average molecular weight is 330 g/mol. The van der Waals surface area contributed by atoms with Crippen molar-refractivity contribution in [2.24, 2.45) is 0 Å². The van der Waals surface area contributed by atoms with E-state index < -0.39 is 16.0 Å². The van der Waals surface area contributed by atoms with Crippen molar-refractivity contribution in [2.45, 2.75) is 31.8 Å². The molecule has 0 amide bonds. The second-order valence-electron chi connectivity index (χ2n) is 4.23. The fourth-order valence-corrected chi connectivity index (χ4v) is 3.66. The van der Waals surface area contributed by atoms with Crippen molar-refractivity contribution >= 4 is 32.5 Å². The highest BCUT2D eigenvalue weighted by Gasteiger charge is 2.20. The summed E-state index contributed by atoms with van der Waals surface area (Å²) < 4.78 is 28.4. The quantitative estimate of drug-likeness (QED) is 0.819. The van der Waals surface area contributed by atoms with Gasteiger partial charge in [0.25, 0.3) is 10.0 Å². The highest BCUT2D eigenvalue weighted by Crippen LogP contribution is 2.20. The standard InChI is InChI=1S/C11H14N4O4S2/c1-3-15-5-9(12-7(15)2)21(18,19)14-11-13-8(6-20-11)4-10(16)17/h5-6H,3-4H2,1-2H3,(H,13,14)(H,16,17). The third kappa shape index (κ3) is 3.58. The Morgan fingerprint density at radius 1 is 1.48 bits per heavy atom. The predicted molar refractivity (Wildman–Crippen MR) is 76.9 cm³/mol. The lowest BCUT2D eigenvalue weighted by atomic mass is 10.3.